The first-order valence-electron chi connectivity index (χ1n) is 8.72. The van der Waals surface area contributed by atoms with Crippen LogP contribution in [0.4, 0.5) is 0 Å². The Hall–Kier alpha value is -1.30. The molecule has 0 aliphatic carbocycles. The van der Waals surface area contributed by atoms with Crippen LogP contribution in [-0.2, 0) is 8.82 Å². The number of rotatable bonds is 4. The number of hydrogen-bond donors (Lipinski definition) is 1. The zero-order chi connectivity index (χ0) is 17.1. The summed E-state index contributed by atoms with van der Waals surface area (Å²) < 4.78 is 11.5. The van der Waals surface area contributed by atoms with E-state index in [1.54, 1.807) is 12.1 Å². The average Bonchev–Trinajstić information content (AvgIpc) is 3.15. The molecule has 3 nitrogen and oxygen atoms in total. The second kappa shape index (κ2) is 7.52. The zero-order valence-electron chi connectivity index (χ0n) is 14.0. The van der Waals surface area contributed by atoms with E-state index >= 15 is 0 Å². The highest BCUT2D eigenvalue weighted by Gasteiger charge is 2.39. The highest BCUT2D eigenvalue weighted by Crippen LogP contribution is 2.56. The van der Waals surface area contributed by atoms with Gasteiger partial charge in [0.15, 0.2) is 6.29 Å². The van der Waals surface area contributed by atoms with Gasteiger partial charge in [0.25, 0.3) is 0 Å². The molecule has 5 heteroatoms. The molecule has 0 radical (unpaired) electrons. The van der Waals surface area contributed by atoms with Crippen LogP contribution in [0.25, 0.3) is 0 Å². The van der Waals surface area contributed by atoms with E-state index in [1.165, 1.54) is 17.5 Å². The van der Waals surface area contributed by atoms with Gasteiger partial charge in [-0.3, -0.25) is 0 Å². The minimum absolute atomic E-state index is 0.104. The third kappa shape index (κ3) is 3.64. The van der Waals surface area contributed by atoms with E-state index in [1.807, 2.05) is 35.7 Å². The highest BCUT2D eigenvalue weighted by molar-refractivity contribution is 8.20. The summed E-state index contributed by atoms with van der Waals surface area (Å²) in [4.78, 5) is 0. The number of phenolic OH excluding ortho intramolecular Hbond substituents is 1. The monoisotopic (exact) mass is 374 g/mol. The number of aromatic hydroxyl groups is 1. The molecular weight excluding hydrogens is 352 g/mol. The molecule has 2 aliphatic rings. The van der Waals surface area contributed by atoms with E-state index in [-0.39, 0.29) is 10.4 Å². The first-order chi connectivity index (χ1) is 12.3. The molecule has 2 aromatic carbocycles. The van der Waals surface area contributed by atoms with Gasteiger partial charge in [-0.2, -0.15) is 0 Å². The maximum atomic E-state index is 9.60. The molecule has 25 heavy (non-hydrogen) atoms. The van der Waals surface area contributed by atoms with Crippen molar-refractivity contribution in [2.75, 3.05) is 18.1 Å². The van der Waals surface area contributed by atoms with Crippen LogP contribution in [0.15, 0.2) is 48.5 Å². The molecule has 0 saturated carbocycles. The summed E-state index contributed by atoms with van der Waals surface area (Å²) in [6.07, 6.45) is 3.15. The fourth-order valence-corrected chi connectivity index (χ4v) is 6.59. The van der Waals surface area contributed by atoms with Crippen LogP contribution in [0, 0.1) is 0 Å². The smallest absolute Gasteiger partial charge is 0.199 e. The number of ether oxygens (including phenoxy) is 2. The van der Waals surface area contributed by atoms with Crippen LogP contribution in [0.5, 0.6) is 11.5 Å². The van der Waals surface area contributed by atoms with Gasteiger partial charge in [0.2, 0.25) is 0 Å². The van der Waals surface area contributed by atoms with Gasteiger partial charge in [-0.05, 0) is 48.2 Å². The topological polar surface area (TPSA) is 38.7 Å². The molecule has 2 saturated heterocycles. The Kier molecular flexibility index (Phi) is 5.15. The summed E-state index contributed by atoms with van der Waals surface area (Å²) in [5.74, 6) is 3.42. The van der Waals surface area contributed by atoms with Crippen LogP contribution in [0.3, 0.4) is 0 Å². The maximum absolute atomic E-state index is 9.60. The molecule has 4 rings (SSSR count). The Morgan fingerprint density at radius 1 is 0.920 bits per heavy atom. The summed E-state index contributed by atoms with van der Waals surface area (Å²) >= 11 is 3.92. The molecule has 2 aliphatic heterocycles. The lowest BCUT2D eigenvalue weighted by Crippen LogP contribution is -2.25. The average molecular weight is 375 g/mol. The molecule has 0 amide bonds. The second-order valence-corrected chi connectivity index (χ2v) is 9.18. The van der Waals surface area contributed by atoms with Gasteiger partial charge in [0, 0.05) is 17.9 Å². The fourth-order valence-electron chi connectivity index (χ4n) is 3.30. The minimum atomic E-state index is -0.110. The first kappa shape index (κ1) is 17.1. The Labute approximate surface area is 157 Å². The highest BCUT2D eigenvalue weighted by atomic mass is 32.2. The molecular formula is C20H22O3S2. The van der Waals surface area contributed by atoms with Crippen molar-refractivity contribution in [3.63, 3.8) is 0 Å². The van der Waals surface area contributed by atoms with E-state index < -0.39 is 0 Å². The van der Waals surface area contributed by atoms with Crippen molar-refractivity contribution in [2.45, 2.75) is 29.6 Å². The lowest BCUT2D eigenvalue weighted by atomic mass is 10.0. The molecule has 1 unspecified atom stereocenters. The molecule has 1 atom stereocenters. The second-order valence-electron chi connectivity index (χ2n) is 6.30. The number of phenols is 1. The molecule has 132 valence electrons. The number of thioether (sulfide) groups is 2. The Morgan fingerprint density at radius 2 is 1.56 bits per heavy atom. The van der Waals surface area contributed by atoms with Crippen LogP contribution in [0.2, 0.25) is 0 Å². The van der Waals surface area contributed by atoms with Crippen LogP contribution in [0.1, 0.15) is 30.4 Å². The zero-order valence-corrected chi connectivity index (χ0v) is 15.7. The minimum Gasteiger partial charge on any atom is -0.508 e. The van der Waals surface area contributed by atoms with Crippen molar-refractivity contribution >= 4 is 23.5 Å². The molecule has 2 heterocycles. The van der Waals surface area contributed by atoms with Crippen molar-refractivity contribution in [1.82, 2.24) is 0 Å². The summed E-state index contributed by atoms with van der Waals surface area (Å²) in [6.45, 7) is 0.792. The van der Waals surface area contributed by atoms with E-state index in [0.29, 0.717) is 5.75 Å². The van der Waals surface area contributed by atoms with Gasteiger partial charge in [0.05, 0.1) is 6.61 Å². The van der Waals surface area contributed by atoms with Crippen molar-refractivity contribution in [2.24, 2.45) is 0 Å². The van der Waals surface area contributed by atoms with Gasteiger partial charge in [-0.1, -0.05) is 24.3 Å². The molecule has 1 N–H and O–H groups in total. The van der Waals surface area contributed by atoms with Crippen molar-refractivity contribution in [3.05, 3.63) is 59.7 Å². The van der Waals surface area contributed by atoms with Crippen LogP contribution < -0.4 is 4.74 Å². The van der Waals surface area contributed by atoms with Gasteiger partial charge in [-0.25, -0.2) is 0 Å². The molecule has 2 fully saturated rings. The summed E-state index contributed by atoms with van der Waals surface area (Å²) in [7, 11) is 0. The molecule has 0 bridgehead atoms. The number of hydrogen-bond acceptors (Lipinski definition) is 5. The number of benzene rings is 2. The van der Waals surface area contributed by atoms with Crippen LogP contribution in [-0.4, -0.2) is 29.5 Å². The van der Waals surface area contributed by atoms with Gasteiger partial charge in [-0.15, -0.1) is 23.5 Å². The van der Waals surface area contributed by atoms with Crippen molar-refractivity contribution < 1.29 is 14.6 Å². The van der Waals surface area contributed by atoms with Gasteiger partial charge in [0.1, 0.15) is 15.6 Å². The van der Waals surface area contributed by atoms with Gasteiger partial charge >= 0.3 is 0 Å². The summed E-state index contributed by atoms with van der Waals surface area (Å²) in [6, 6.07) is 16.0. The standard InChI is InChI=1S/C20H22O3S2/c21-17-8-4-15(5-9-17)20(24-13-14-25-20)16-6-10-18(11-7-16)23-19-3-1-2-12-22-19/h4-11,19,21H,1-3,12-14H2. The van der Waals surface area contributed by atoms with Crippen LogP contribution >= 0.6 is 23.5 Å². The third-order valence-corrected chi connectivity index (χ3v) is 8.12. The molecule has 0 aromatic heterocycles. The fraction of sp³-hybridized carbons (Fsp3) is 0.400. The predicted octanol–water partition coefficient (Wildman–Crippen LogP) is 4.98. The van der Waals surface area contributed by atoms with Gasteiger partial charge < -0.3 is 14.6 Å². The summed E-state index contributed by atoms with van der Waals surface area (Å²) in [5, 5.41) is 9.60. The molecule has 0 spiro atoms. The quantitative estimate of drug-likeness (QED) is 0.817. The Balaban J connectivity index is 1.57. The SMILES string of the molecule is Oc1ccc(C2(c3ccc(OC4CCCCO4)cc3)SCCS2)cc1. The lowest BCUT2D eigenvalue weighted by Gasteiger charge is -2.29. The normalized spacial score (nSPS) is 22.6. The largest absolute Gasteiger partial charge is 0.508 e. The van der Waals surface area contributed by atoms with Crippen molar-refractivity contribution in [1.29, 1.82) is 0 Å². The molecule has 2 aromatic rings. The van der Waals surface area contributed by atoms with E-state index in [2.05, 4.69) is 24.3 Å². The summed E-state index contributed by atoms with van der Waals surface area (Å²) in [5.41, 5.74) is 2.49. The lowest BCUT2D eigenvalue weighted by molar-refractivity contribution is -0.105. The Bertz CT molecular complexity index is 688. The van der Waals surface area contributed by atoms with E-state index in [4.69, 9.17) is 9.47 Å². The Morgan fingerprint density at radius 3 is 2.16 bits per heavy atom. The van der Waals surface area contributed by atoms with Crippen molar-refractivity contribution in [3.8, 4) is 11.5 Å². The predicted molar refractivity (Wildman–Crippen MR) is 104 cm³/mol. The first-order valence-corrected chi connectivity index (χ1v) is 10.7. The van der Waals surface area contributed by atoms with E-state index in [0.717, 1.165) is 36.7 Å². The third-order valence-electron chi connectivity index (χ3n) is 4.58. The maximum Gasteiger partial charge on any atom is 0.199 e. The van der Waals surface area contributed by atoms with E-state index in [9.17, 15) is 5.11 Å².